The Labute approximate surface area is 122 Å². The number of hydrogen-bond donors (Lipinski definition) is 1. The van der Waals surface area contributed by atoms with Crippen LogP contribution in [0.4, 0.5) is 13.2 Å². The summed E-state index contributed by atoms with van der Waals surface area (Å²) < 4.78 is 38.8. The van der Waals surface area contributed by atoms with Gasteiger partial charge in [0.05, 0.1) is 5.92 Å². The molecule has 1 saturated carbocycles. The van der Waals surface area contributed by atoms with Crippen LogP contribution in [-0.4, -0.2) is 18.8 Å². The Morgan fingerprint density at radius 1 is 1.40 bits per heavy atom. The highest BCUT2D eigenvalue weighted by Gasteiger charge is 2.43. The first-order valence-electron chi connectivity index (χ1n) is 7.33. The minimum absolute atomic E-state index is 0.137. The number of thiophene rings is 1. The second-order valence-electron chi connectivity index (χ2n) is 5.61. The van der Waals surface area contributed by atoms with Gasteiger partial charge in [-0.2, -0.15) is 13.2 Å². The van der Waals surface area contributed by atoms with E-state index in [1.54, 1.807) is 11.3 Å². The quantitative estimate of drug-likeness (QED) is 0.836. The Kier molecular flexibility index (Phi) is 5.49. The van der Waals surface area contributed by atoms with E-state index in [2.05, 4.69) is 11.4 Å². The summed E-state index contributed by atoms with van der Waals surface area (Å²) in [6.45, 7) is 2.83. The molecule has 1 nitrogen and oxygen atoms in total. The van der Waals surface area contributed by atoms with Gasteiger partial charge in [0.2, 0.25) is 0 Å². The minimum atomic E-state index is -4.03. The molecule has 3 unspecified atom stereocenters. The molecule has 0 radical (unpaired) electrons. The van der Waals surface area contributed by atoms with E-state index in [4.69, 9.17) is 0 Å². The molecule has 5 heteroatoms. The molecule has 114 valence electrons. The summed E-state index contributed by atoms with van der Waals surface area (Å²) in [6.07, 6.45) is -0.986. The van der Waals surface area contributed by atoms with Crippen molar-refractivity contribution < 1.29 is 13.2 Å². The zero-order valence-corrected chi connectivity index (χ0v) is 12.6. The predicted molar refractivity (Wildman–Crippen MR) is 77.0 cm³/mol. The predicted octanol–water partition coefficient (Wildman–Crippen LogP) is 4.64. The fourth-order valence-corrected chi connectivity index (χ4v) is 3.97. The Hall–Kier alpha value is -0.550. The van der Waals surface area contributed by atoms with Gasteiger partial charge in [-0.05, 0) is 49.6 Å². The maximum Gasteiger partial charge on any atom is 0.391 e. The monoisotopic (exact) mass is 305 g/mol. The third-order valence-corrected chi connectivity index (χ3v) is 5.11. The molecule has 1 aliphatic carbocycles. The van der Waals surface area contributed by atoms with E-state index < -0.39 is 12.1 Å². The maximum absolute atomic E-state index is 12.9. The summed E-state index contributed by atoms with van der Waals surface area (Å²) in [5.41, 5.74) is 0. The van der Waals surface area contributed by atoms with E-state index in [0.717, 1.165) is 19.4 Å². The van der Waals surface area contributed by atoms with Crippen molar-refractivity contribution in [2.75, 3.05) is 6.54 Å². The lowest BCUT2D eigenvalue weighted by Crippen LogP contribution is -2.42. The molecule has 1 N–H and O–H groups in total. The molecule has 0 spiro atoms. The molecule has 0 amide bonds. The first kappa shape index (κ1) is 15.8. The van der Waals surface area contributed by atoms with E-state index in [-0.39, 0.29) is 18.4 Å². The molecule has 0 aromatic carbocycles. The highest BCUT2D eigenvalue weighted by atomic mass is 32.1. The van der Waals surface area contributed by atoms with Crippen LogP contribution >= 0.6 is 11.3 Å². The van der Waals surface area contributed by atoms with E-state index in [1.807, 2.05) is 18.4 Å². The van der Waals surface area contributed by atoms with E-state index >= 15 is 0 Å². The van der Waals surface area contributed by atoms with Crippen molar-refractivity contribution in [3.8, 4) is 0 Å². The van der Waals surface area contributed by atoms with Crippen LogP contribution in [0.15, 0.2) is 17.5 Å². The van der Waals surface area contributed by atoms with Crippen LogP contribution in [0, 0.1) is 11.8 Å². The molecule has 1 aromatic heterocycles. The largest absolute Gasteiger partial charge is 0.391 e. The number of hydrogen-bond acceptors (Lipinski definition) is 2. The number of halogens is 3. The standard InChI is InChI=1S/C15H22F3NS/c1-2-19-14(10-13-7-4-8-20-13)11-5-3-6-12(9-11)15(16,17)18/h4,7-8,11-12,14,19H,2-3,5-6,9-10H2,1H3. The third kappa shape index (κ3) is 4.22. The smallest absolute Gasteiger partial charge is 0.314 e. The van der Waals surface area contributed by atoms with Crippen LogP contribution in [0.2, 0.25) is 0 Å². The molecule has 3 atom stereocenters. The summed E-state index contributed by atoms with van der Waals surface area (Å²) in [4.78, 5) is 1.25. The second-order valence-corrected chi connectivity index (χ2v) is 6.65. The van der Waals surface area contributed by atoms with Gasteiger partial charge in [-0.3, -0.25) is 0 Å². The molecule has 20 heavy (non-hydrogen) atoms. The summed E-state index contributed by atoms with van der Waals surface area (Å²) in [6, 6.07) is 4.24. The molecule has 0 saturated heterocycles. The lowest BCUT2D eigenvalue weighted by atomic mass is 9.76. The Morgan fingerprint density at radius 2 is 2.20 bits per heavy atom. The van der Waals surface area contributed by atoms with Crippen molar-refractivity contribution in [2.24, 2.45) is 11.8 Å². The first-order chi connectivity index (χ1) is 9.50. The van der Waals surface area contributed by atoms with Gasteiger partial charge in [0.1, 0.15) is 0 Å². The van der Waals surface area contributed by atoms with E-state index in [1.165, 1.54) is 4.88 Å². The molecular weight excluding hydrogens is 283 g/mol. The highest BCUT2D eigenvalue weighted by molar-refractivity contribution is 7.09. The summed E-state index contributed by atoms with van der Waals surface area (Å²) in [7, 11) is 0. The van der Waals surface area contributed by atoms with E-state index in [0.29, 0.717) is 12.8 Å². The van der Waals surface area contributed by atoms with Gasteiger partial charge < -0.3 is 5.32 Å². The summed E-state index contributed by atoms with van der Waals surface area (Å²) in [5.74, 6) is -0.969. The van der Waals surface area contributed by atoms with Gasteiger partial charge >= 0.3 is 6.18 Å². The number of nitrogens with one attached hydrogen (secondary N) is 1. The Morgan fingerprint density at radius 3 is 2.80 bits per heavy atom. The van der Waals surface area contributed by atoms with Crippen molar-refractivity contribution >= 4 is 11.3 Å². The van der Waals surface area contributed by atoms with Crippen LogP contribution in [0.1, 0.15) is 37.5 Å². The fraction of sp³-hybridized carbons (Fsp3) is 0.733. The van der Waals surface area contributed by atoms with Crippen LogP contribution < -0.4 is 5.32 Å². The molecule has 0 aliphatic heterocycles. The van der Waals surface area contributed by atoms with Crippen molar-refractivity contribution in [3.05, 3.63) is 22.4 Å². The van der Waals surface area contributed by atoms with Crippen molar-refractivity contribution in [1.29, 1.82) is 0 Å². The Balaban J connectivity index is 2.01. The zero-order valence-electron chi connectivity index (χ0n) is 11.7. The second kappa shape index (κ2) is 6.94. The molecule has 2 rings (SSSR count). The Bertz CT molecular complexity index is 388. The number of likely N-dealkylation sites (N-methyl/N-ethyl adjacent to an activating group) is 1. The summed E-state index contributed by atoms with van der Waals surface area (Å²) >= 11 is 1.69. The lowest BCUT2D eigenvalue weighted by Gasteiger charge is -2.35. The van der Waals surface area contributed by atoms with Crippen molar-refractivity contribution in [2.45, 2.75) is 51.2 Å². The van der Waals surface area contributed by atoms with Gasteiger partial charge in [-0.15, -0.1) is 11.3 Å². The average Bonchev–Trinajstić information content (AvgIpc) is 2.90. The first-order valence-corrected chi connectivity index (χ1v) is 8.21. The highest BCUT2D eigenvalue weighted by Crippen LogP contribution is 2.41. The van der Waals surface area contributed by atoms with Gasteiger partial charge in [0.15, 0.2) is 0 Å². The zero-order chi connectivity index (χ0) is 14.6. The van der Waals surface area contributed by atoms with Gasteiger partial charge in [0, 0.05) is 10.9 Å². The normalized spacial score (nSPS) is 25.6. The molecular formula is C15H22F3NS. The number of alkyl halides is 3. The van der Waals surface area contributed by atoms with Crippen molar-refractivity contribution in [3.63, 3.8) is 0 Å². The number of rotatable bonds is 5. The minimum Gasteiger partial charge on any atom is -0.314 e. The molecule has 1 aliphatic rings. The van der Waals surface area contributed by atoms with Gasteiger partial charge in [-0.25, -0.2) is 0 Å². The SMILES string of the molecule is CCNC(Cc1cccs1)C1CCCC(C(F)(F)F)C1. The molecule has 0 bridgehead atoms. The molecule has 1 aromatic rings. The fourth-order valence-electron chi connectivity index (χ4n) is 3.20. The van der Waals surface area contributed by atoms with Gasteiger partial charge in [0.25, 0.3) is 0 Å². The van der Waals surface area contributed by atoms with Gasteiger partial charge in [-0.1, -0.05) is 19.4 Å². The topological polar surface area (TPSA) is 12.0 Å². The maximum atomic E-state index is 12.9. The third-order valence-electron chi connectivity index (χ3n) is 4.21. The average molecular weight is 305 g/mol. The summed E-state index contributed by atoms with van der Waals surface area (Å²) in [5, 5.41) is 5.43. The van der Waals surface area contributed by atoms with Crippen LogP contribution in [0.5, 0.6) is 0 Å². The molecule has 1 fully saturated rings. The van der Waals surface area contributed by atoms with Crippen LogP contribution in [0.25, 0.3) is 0 Å². The van der Waals surface area contributed by atoms with E-state index in [9.17, 15) is 13.2 Å². The van der Waals surface area contributed by atoms with Crippen LogP contribution in [-0.2, 0) is 6.42 Å². The van der Waals surface area contributed by atoms with Crippen LogP contribution in [0.3, 0.4) is 0 Å². The molecule has 1 heterocycles. The van der Waals surface area contributed by atoms with Crippen molar-refractivity contribution in [1.82, 2.24) is 5.32 Å². The lowest BCUT2D eigenvalue weighted by molar-refractivity contribution is -0.186.